The van der Waals surface area contributed by atoms with Crippen molar-refractivity contribution in [3.05, 3.63) is 52.4 Å². The number of carbonyl (C=O) groups is 1. The third-order valence-electron chi connectivity index (χ3n) is 2.84. The molecule has 2 N–H and O–H groups in total. The first-order valence-corrected chi connectivity index (χ1v) is 7.08. The highest BCUT2D eigenvalue weighted by atomic mass is 35.5. The fraction of sp³-hybridized carbons (Fsp3) is 0.267. The summed E-state index contributed by atoms with van der Waals surface area (Å²) in [7, 11) is 0. The Kier molecular flexibility index (Phi) is 5.11. The molecule has 0 aliphatic rings. The second kappa shape index (κ2) is 7.04. The Morgan fingerprint density at radius 3 is 2.76 bits per heavy atom. The monoisotopic (exact) mass is 304 g/mol. The lowest BCUT2D eigenvalue weighted by Crippen LogP contribution is -2.24. The molecule has 5 nitrogen and oxygen atoms in total. The van der Waals surface area contributed by atoms with Gasteiger partial charge in [-0.3, -0.25) is 9.78 Å². The first-order valence-electron chi connectivity index (χ1n) is 6.70. The van der Waals surface area contributed by atoms with Crippen molar-refractivity contribution in [2.24, 2.45) is 0 Å². The molecule has 0 saturated carbocycles. The van der Waals surface area contributed by atoms with Gasteiger partial charge >= 0.3 is 0 Å². The molecular formula is C15H17ClN4O. The number of nitrogens with one attached hydrogen (secondary N) is 2. The molecule has 21 heavy (non-hydrogen) atoms. The normalized spacial score (nSPS) is 10.2. The number of anilines is 1. The van der Waals surface area contributed by atoms with E-state index < -0.39 is 0 Å². The highest BCUT2D eigenvalue weighted by Crippen LogP contribution is 2.16. The van der Waals surface area contributed by atoms with Crippen LogP contribution in [-0.2, 0) is 6.54 Å². The molecule has 0 saturated heterocycles. The van der Waals surface area contributed by atoms with Crippen LogP contribution in [0.5, 0.6) is 0 Å². The van der Waals surface area contributed by atoms with E-state index in [1.54, 1.807) is 18.3 Å². The summed E-state index contributed by atoms with van der Waals surface area (Å²) in [6.45, 7) is 4.99. The topological polar surface area (TPSA) is 66.9 Å². The Morgan fingerprint density at radius 2 is 2.10 bits per heavy atom. The smallest absolute Gasteiger partial charge is 0.271 e. The van der Waals surface area contributed by atoms with Gasteiger partial charge in [0.2, 0.25) is 0 Å². The quantitative estimate of drug-likeness (QED) is 0.891. The van der Waals surface area contributed by atoms with Crippen LogP contribution < -0.4 is 10.6 Å². The highest BCUT2D eigenvalue weighted by Gasteiger charge is 2.13. The zero-order chi connectivity index (χ0) is 15.2. The predicted octanol–water partition coefficient (Wildman–Crippen LogP) is 2.80. The van der Waals surface area contributed by atoms with Crippen molar-refractivity contribution in [2.75, 3.05) is 11.9 Å². The van der Waals surface area contributed by atoms with Crippen LogP contribution in [-0.4, -0.2) is 22.4 Å². The van der Waals surface area contributed by atoms with E-state index >= 15 is 0 Å². The number of hydrogen-bond acceptors (Lipinski definition) is 4. The molecule has 0 unspecified atom stereocenters. The number of halogens is 1. The number of amides is 1. The van der Waals surface area contributed by atoms with E-state index in [0.717, 1.165) is 17.8 Å². The first kappa shape index (κ1) is 15.3. The molecule has 2 rings (SSSR count). The van der Waals surface area contributed by atoms with Gasteiger partial charge in [0.15, 0.2) is 0 Å². The lowest BCUT2D eigenvalue weighted by molar-refractivity contribution is 0.0946. The number of pyridine rings is 2. The minimum atomic E-state index is -0.305. The SMILES string of the molecule is CCNc1ccc(Cl)c(C(=O)NCc2ccc(C)nc2)n1. The van der Waals surface area contributed by atoms with Crippen LogP contribution in [0.15, 0.2) is 30.5 Å². The Balaban J connectivity index is 2.05. The van der Waals surface area contributed by atoms with Gasteiger partial charge in [0, 0.05) is 25.0 Å². The van der Waals surface area contributed by atoms with Crippen LogP contribution in [0.1, 0.15) is 28.7 Å². The Labute approximate surface area is 128 Å². The van der Waals surface area contributed by atoms with Crippen molar-refractivity contribution < 1.29 is 4.79 Å². The van der Waals surface area contributed by atoms with Gasteiger partial charge < -0.3 is 10.6 Å². The van der Waals surface area contributed by atoms with Gasteiger partial charge in [0.05, 0.1) is 5.02 Å². The van der Waals surface area contributed by atoms with Gasteiger partial charge in [-0.2, -0.15) is 0 Å². The van der Waals surface area contributed by atoms with Crippen LogP contribution >= 0.6 is 11.6 Å². The van der Waals surface area contributed by atoms with E-state index in [1.165, 1.54) is 0 Å². The molecular weight excluding hydrogens is 288 g/mol. The predicted molar refractivity (Wildman–Crippen MR) is 83.6 cm³/mol. The minimum Gasteiger partial charge on any atom is -0.370 e. The average Bonchev–Trinajstić information content (AvgIpc) is 2.48. The molecule has 110 valence electrons. The third-order valence-corrected chi connectivity index (χ3v) is 3.15. The van der Waals surface area contributed by atoms with Crippen molar-refractivity contribution in [1.82, 2.24) is 15.3 Å². The van der Waals surface area contributed by atoms with Crippen molar-refractivity contribution >= 4 is 23.3 Å². The summed E-state index contributed by atoms with van der Waals surface area (Å²) in [6.07, 6.45) is 1.74. The third kappa shape index (κ3) is 4.16. The zero-order valence-electron chi connectivity index (χ0n) is 12.0. The van der Waals surface area contributed by atoms with Gasteiger partial charge in [-0.15, -0.1) is 0 Å². The number of aryl methyl sites for hydroxylation is 1. The number of nitrogens with zero attached hydrogens (tertiary/aromatic N) is 2. The minimum absolute atomic E-state index is 0.218. The molecule has 0 radical (unpaired) electrons. The summed E-state index contributed by atoms with van der Waals surface area (Å²) in [5.74, 6) is 0.324. The molecule has 2 aromatic rings. The summed E-state index contributed by atoms with van der Waals surface area (Å²) in [5, 5.41) is 6.17. The van der Waals surface area contributed by atoms with Crippen LogP contribution in [0.3, 0.4) is 0 Å². The fourth-order valence-electron chi connectivity index (χ4n) is 1.75. The molecule has 0 fully saturated rings. The summed E-state index contributed by atoms with van der Waals surface area (Å²) in [5.41, 5.74) is 2.08. The molecule has 2 heterocycles. The average molecular weight is 305 g/mol. The molecule has 0 aliphatic heterocycles. The molecule has 2 aromatic heterocycles. The van der Waals surface area contributed by atoms with Gasteiger partial charge in [-0.25, -0.2) is 4.98 Å². The molecule has 0 aliphatic carbocycles. The van der Waals surface area contributed by atoms with E-state index in [-0.39, 0.29) is 11.6 Å². The van der Waals surface area contributed by atoms with Crippen LogP contribution in [0, 0.1) is 6.92 Å². The van der Waals surface area contributed by atoms with Gasteiger partial charge in [0.25, 0.3) is 5.91 Å². The van der Waals surface area contributed by atoms with E-state index in [0.29, 0.717) is 17.4 Å². The molecule has 0 bridgehead atoms. The molecule has 0 aromatic carbocycles. The first-order chi connectivity index (χ1) is 10.1. The molecule has 0 spiro atoms. The number of aromatic nitrogens is 2. The van der Waals surface area contributed by atoms with Crippen LogP contribution in [0.2, 0.25) is 5.02 Å². The maximum Gasteiger partial charge on any atom is 0.271 e. The second-order valence-electron chi connectivity index (χ2n) is 4.55. The zero-order valence-corrected chi connectivity index (χ0v) is 12.7. The van der Waals surface area contributed by atoms with Crippen molar-refractivity contribution in [2.45, 2.75) is 20.4 Å². The van der Waals surface area contributed by atoms with E-state index in [2.05, 4.69) is 20.6 Å². The van der Waals surface area contributed by atoms with Gasteiger partial charge in [-0.1, -0.05) is 17.7 Å². The summed E-state index contributed by atoms with van der Waals surface area (Å²) >= 11 is 6.03. The Morgan fingerprint density at radius 1 is 1.29 bits per heavy atom. The number of rotatable bonds is 5. The summed E-state index contributed by atoms with van der Waals surface area (Å²) in [4.78, 5) is 20.6. The lowest BCUT2D eigenvalue weighted by atomic mass is 10.2. The molecule has 6 heteroatoms. The lowest BCUT2D eigenvalue weighted by Gasteiger charge is -2.08. The maximum atomic E-state index is 12.2. The largest absolute Gasteiger partial charge is 0.370 e. The van der Waals surface area contributed by atoms with E-state index in [4.69, 9.17) is 11.6 Å². The van der Waals surface area contributed by atoms with Gasteiger partial charge in [0.1, 0.15) is 11.5 Å². The van der Waals surface area contributed by atoms with Crippen molar-refractivity contribution in [3.8, 4) is 0 Å². The highest BCUT2D eigenvalue weighted by molar-refractivity contribution is 6.33. The summed E-state index contributed by atoms with van der Waals surface area (Å²) < 4.78 is 0. The van der Waals surface area contributed by atoms with Crippen LogP contribution in [0.25, 0.3) is 0 Å². The number of carbonyl (C=O) groups excluding carboxylic acids is 1. The standard InChI is InChI=1S/C15H17ClN4O/c1-3-17-13-7-6-12(16)14(20-13)15(21)19-9-11-5-4-10(2)18-8-11/h4-8H,3,9H2,1-2H3,(H,17,20)(H,19,21). The summed E-state index contributed by atoms with van der Waals surface area (Å²) in [6, 6.07) is 7.23. The Hall–Kier alpha value is -2.14. The second-order valence-corrected chi connectivity index (χ2v) is 4.95. The van der Waals surface area contributed by atoms with Crippen molar-refractivity contribution in [3.63, 3.8) is 0 Å². The fourth-order valence-corrected chi connectivity index (χ4v) is 1.94. The molecule has 1 amide bonds. The van der Waals surface area contributed by atoms with Gasteiger partial charge in [-0.05, 0) is 37.6 Å². The Bertz CT molecular complexity index is 628. The maximum absolute atomic E-state index is 12.2. The number of hydrogen-bond donors (Lipinski definition) is 2. The van der Waals surface area contributed by atoms with E-state index in [1.807, 2.05) is 26.0 Å². The van der Waals surface area contributed by atoms with Crippen LogP contribution in [0.4, 0.5) is 5.82 Å². The van der Waals surface area contributed by atoms with Crippen molar-refractivity contribution in [1.29, 1.82) is 0 Å². The van der Waals surface area contributed by atoms with E-state index in [9.17, 15) is 4.79 Å². The molecule has 0 atom stereocenters.